The van der Waals surface area contributed by atoms with E-state index < -0.39 is 0 Å². The van der Waals surface area contributed by atoms with Crippen LogP contribution in [0, 0.1) is 0 Å². The van der Waals surface area contributed by atoms with Crippen LogP contribution in [0.15, 0.2) is 44.6 Å². The molecule has 0 atom stereocenters. The van der Waals surface area contributed by atoms with E-state index in [-0.39, 0.29) is 6.79 Å². The molecule has 116 valence electrons. The highest BCUT2D eigenvalue weighted by Crippen LogP contribution is 2.39. The number of aliphatic imine (C=N–C) groups is 1. The van der Waals surface area contributed by atoms with Gasteiger partial charge in [-0.05, 0) is 39.7 Å². The van der Waals surface area contributed by atoms with Crippen LogP contribution >= 0.6 is 15.9 Å². The highest BCUT2D eigenvalue weighted by molar-refractivity contribution is 9.10. The van der Waals surface area contributed by atoms with Crippen LogP contribution in [0.3, 0.4) is 0 Å². The number of nitrogens with zero attached hydrogens (tertiary/aromatic N) is 1. The summed E-state index contributed by atoms with van der Waals surface area (Å²) in [6.45, 7) is 1.54. The maximum absolute atomic E-state index is 5.41. The normalized spacial score (nSPS) is 13.3. The van der Waals surface area contributed by atoms with Crippen LogP contribution in [0.4, 0.5) is 0 Å². The van der Waals surface area contributed by atoms with E-state index in [4.69, 9.17) is 13.9 Å². The van der Waals surface area contributed by atoms with Crippen molar-refractivity contribution in [2.24, 2.45) is 4.99 Å². The van der Waals surface area contributed by atoms with Gasteiger partial charge in [-0.15, -0.1) is 0 Å². The number of hydrogen-bond acceptors (Lipinski definition) is 4. The smallest absolute Gasteiger partial charge is 0.231 e. The molecule has 0 spiro atoms. The van der Waals surface area contributed by atoms with E-state index in [1.54, 1.807) is 19.6 Å². The van der Waals surface area contributed by atoms with Crippen molar-refractivity contribution >= 4 is 21.9 Å². The number of benzene rings is 1. The Morgan fingerprint density at radius 2 is 2.05 bits per heavy atom. The van der Waals surface area contributed by atoms with Crippen molar-refractivity contribution in [1.29, 1.82) is 0 Å². The summed E-state index contributed by atoms with van der Waals surface area (Å²) in [6.07, 6.45) is 3.35. The van der Waals surface area contributed by atoms with E-state index in [0.717, 1.165) is 33.1 Å². The van der Waals surface area contributed by atoms with Gasteiger partial charge in [0.25, 0.3) is 0 Å². The largest absolute Gasteiger partial charge is 0.472 e. The third kappa shape index (κ3) is 3.36. The average molecular weight is 366 g/mol. The van der Waals surface area contributed by atoms with Gasteiger partial charge in [0.1, 0.15) is 0 Å². The summed E-state index contributed by atoms with van der Waals surface area (Å²) in [6, 6.07) is 5.88. The minimum absolute atomic E-state index is 0.263. The Hall–Kier alpha value is -2.15. The fraction of sp³-hybridized carbons (Fsp3) is 0.267. The molecule has 0 saturated heterocycles. The number of furan rings is 1. The zero-order valence-electron chi connectivity index (χ0n) is 12.1. The van der Waals surface area contributed by atoms with E-state index >= 15 is 0 Å². The molecule has 1 aliphatic heterocycles. The molecule has 0 amide bonds. The summed E-state index contributed by atoms with van der Waals surface area (Å²) >= 11 is 3.49. The molecule has 1 aromatic carbocycles. The molecule has 2 N–H and O–H groups in total. The monoisotopic (exact) mass is 365 g/mol. The maximum Gasteiger partial charge on any atom is 0.231 e. The first-order valence-electron chi connectivity index (χ1n) is 6.80. The fourth-order valence-electron chi connectivity index (χ4n) is 2.11. The highest BCUT2D eigenvalue weighted by atomic mass is 79.9. The number of fused-ring (bicyclic) bond motifs is 1. The maximum atomic E-state index is 5.41. The van der Waals surface area contributed by atoms with Gasteiger partial charge in [-0.1, -0.05) is 0 Å². The Morgan fingerprint density at radius 3 is 2.77 bits per heavy atom. The summed E-state index contributed by atoms with van der Waals surface area (Å²) in [5.74, 6) is 2.23. The lowest BCUT2D eigenvalue weighted by molar-refractivity contribution is 0.173. The number of halogens is 1. The van der Waals surface area contributed by atoms with E-state index in [1.807, 2.05) is 18.2 Å². The van der Waals surface area contributed by atoms with E-state index in [2.05, 4.69) is 31.6 Å². The number of hydrogen-bond donors (Lipinski definition) is 2. The minimum atomic E-state index is 0.263. The summed E-state index contributed by atoms with van der Waals surface area (Å²) in [5.41, 5.74) is 2.14. The van der Waals surface area contributed by atoms with Crippen molar-refractivity contribution in [2.45, 2.75) is 13.1 Å². The zero-order valence-corrected chi connectivity index (χ0v) is 13.6. The summed E-state index contributed by atoms with van der Waals surface area (Å²) in [5, 5.41) is 6.48. The quantitative estimate of drug-likeness (QED) is 0.643. The zero-order chi connectivity index (χ0) is 15.4. The minimum Gasteiger partial charge on any atom is -0.472 e. The second-order valence-electron chi connectivity index (χ2n) is 4.72. The Bertz CT molecular complexity index is 671. The predicted molar refractivity (Wildman–Crippen MR) is 86.0 cm³/mol. The van der Waals surface area contributed by atoms with Gasteiger partial charge in [0.2, 0.25) is 6.79 Å². The average Bonchev–Trinajstić information content (AvgIpc) is 3.18. The fourth-order valence-corrected chi connectivity index (χ4v) is 2.71. The molecular formula is C15H16BrN3O3. The predicted octanol–water partition coefficient (Wildman–Crippen LogP) is 2.64. The molecule has 2 heterocycles. The van der Waals surface area contributed by atoms with Gasteiger partial charge in [-0.3, -0.25) is 4.99 Å². The first-order chi connectivity index (χ1) is 10.8. The molecule has 0 bridgehead atoms. The van der Waals surface area contributed by atoms with Gasteiger partial charge in [0.15, 0.2) is 17.5 Å². The van der Waals surface area contributed by atoms with E-state index in [1.165, 1.54) is 0 Å². The van der Waals surface area contributed by atoms with Crippen molar-refractivity contribution in [2.75, 3.05) is 13.8 Å². The van der Waals surface area contributed by atoms with Gasteiger partial charge in [0, 0.05) is 25.7 Å². The lowest BCUT2D eigenvalue weighted by Gasteiger charge is -2.12. The van der Waals surface area contributed by atoms with Gasteiger partial charge < -0.3 is 24.5 Å². The number of guanidine groups is 1. The molecular weight excluding hydrogens is 350 g/mol. The number of nitrogens with one attached hydrogen (secondary N) is 2. The number of ether oxygens (including phenoxy) is 2. The highest BCUT2D eigenvalue weighted by Gasteiger charge is 2.17. The van der Waals surface area contributed by atoms with Crippen molar-refractivity contribution in [1.82, 2.24) is 10.6 Å². The molecule has 1 aromatic heterocycles. The van der Waals surface area contributed by atoms with Gasteiger partial charge in [0.05, 0.1) is 17.0 Å². The molecule has 0 radical (unpaired) electrons. The molecule has 0 aliphatic carbocycles. The lowest BCUT2D eigenvalue weighted by Crippen LogP contribution is -2.36. The first-order valence-corrected chi connectivity index (χ1v) is 7.59. The number of rotatable bonds is 4. The molecule has 0 unspecified atom stereocenters. The van der Waals surface area contributed by atoms with Crippen LogP contribution in [-0.4, -0.2) is 19.8 Å². The van der Waals surface area contributed by atoms with Crippen molar-refractivity contribution < 1.29 is 13.9 Å². The third-order valence-corrected chi connectivity index (χ3v) is 3.80. The molecule has 0 fully saturated rings. The SMILES string of the molecule is CN=C(NCc1ccoc1)NCc1cc(Br)c2c(c1)OCO2. The van der Waals surface area contributed by atoms with Crippen LogP contribution in [0.5, 0.6) is 11.5 Å². The van der Waals surface area contributed by atoms with E-state index in [0.29, 0.717) is 13.1 Å². The lowest BCUT2D eigenvalue weighted by atomic mass is 10.2. The third-order valence-electron chi connectivity index (χ3n) is 3.21. The molecule has 22 heavy (non-hydrogen) atoms. The topological polar surface area (TPSA) is 68.0 Å². The molecule has 2 aromatic rings. The Kier molecular flexibility index (Phi) is 4.53. The van der Waals surface area contributed by atoms with Crippen LogP contribution in [0.2, 0.25) is 0 Å². The summed E-state index contributed by atoms with van der Waals surface area (Å²) in [7, 11) is 1.74. The molecule has 3 rings (SSSR count). The Morgan fingerprint density at radius 1 is 1.23 bits per heavy atom. The molecule has 6 nitrogen and oxygen atoms in total. The Labute approximate surface area is 136 Å². The van der Waals surface area contributed by atoms with Gasteiger partial charge in [-0.25, -0.2) is 0 Å². The molecule has 7 heteroatoms. The van der Waals surface area contributed by atoms with Crippen LogP contribution in [-0.2, 0) is 13.1 Å². The molecule has 1 aliphatic rings. The van der Waals surface area contributed by atoms with Crippen molar-refractivity contribution in [3.63, 3.8) is 0 Å². The second-order valence-corrected chi connectivity index (χ2v) is 5.58. The van der Waals surface area contributed by atoms with E-state index in [9.17, 15) is 0 Å². The van der Waals surface area contributed by atoms with Crippen molar-refractivity contribution in [3.05, 3.63) is 46.3 Å². The van der Waals surface area contributed by atoms with Crippen LogP contribution in [0.25, 0.3) is 0 Å². The summed E-state index contributed by atoms with van der Waals surface area (Å²) < 4.78 is 16.7. The molecule has 0 saturated carbocycles. The van der Waals surface area contributed by atoms with Gasteiger partial charge in [-0.2, -0.15) is 0 Å². The van der Waals surface area contributed by atoms with Crippen LogP contribution in [0.1, 0.15) is 11.1 Å². The summed E-state index contributed by atoms with van der Waals surface area (Å²) in [4.78, 5) is 4.19. The first kappa shape index (κ1) is 14.8. The van der Waals surface area contributed by atoms with Gasteiger partial charge >= 0.3 is 0 Å². The van der Waals surface area contributed by atoms with Crippen LogP contribution < -0.4 is 20.1 Å². The standard InChI is InChI=1S/C15H16BrN3O3/c1-17-15(18-6-10-2-3-20-8-10)19-7-11-4-12(16)14-13(5-11)21-9-22-14/h2-5,8H,6-7,9H2,1H3,(H2,17,18,19). The van der Waals surface area contributed by atoms with Crippen molar-refractivity contribution in [3.8, 4) is 11.5 Å². The Balaban J connectivity index is 1.58. The second kappa shape index (κ2) is 6.74.